The van der Waals surface area contributed by atoms with Gasteiger partial charge in [-0.25, -0.2) is 19.0 Å². The van der Waals surface area contributed by atoms with Gasteiger partial charge in [0.2, 0.25) is 0 Å². The molecule has 208 valence electrons. The summed E-state index contributed by atoms with van der Waals surface area (Å²) in [6.07, 6.45) is -11.1. The van der Waals surface area contributed by atoms with Crippen molar-refractivity contribution in [3.05, 3.63) is 59.0 Å². The Kier molecular flexibility index (Phi) is 7.59. The van der Waals surface area contributed by atoms with Crippen LogP contribution in [-0.4, -0.2) is 100 Å². The zero-order chi connectivity index (χ0) is 28.0. The molecule has 7 unspecified atom stereocenters. The van der Waals surface area contributed by atoms with Gasteiger partial charge in [0.1, 0.15) is 53.7 Å². The molecule has 1 fully saturated rings. The van der Waals surface area contributed by atoms with Gasteiger partial charge < -0.3 is 40.1 Å². The monoisotopic (exact) mass is 544 g/mol. The first-order valence-electron chi connectivity index (χ1n) is 12.3. The number of rotatable bonds is 7. The maximum Gasteiger partial charge on any atom is 0.187 e. The van der Waals surface area contributed by atoms with Crippen molar-refractivity contribution < 1.29 is 44.5 Å². The molecule has 7 atom stereocenters. The lowest BCUT2D eigenvalue weighted by Crippen LogP contribution is -2.59. The van der Waals surface area contributed by atoms with Gasteiger partial charge in [-0.05, 0) is 61.4 Å². The van der Waals surface area contributed by atoms with Crippen LogP contribution in [0.15, 0.2) is 36.4 Å². The van der Waals surface area contributed by atoms with Crippen molar-refractivity contribution in [2.75, 3.05) is 13.2 Å². The molecule has 0 radical (unpaired) electrons. The van der Waals surface area contributed by atoms with Crippen molar-refractivity contribution in [2.45, 2.75) is 56.8 Å². The van der Waals surface area contributed by atoms with Gasteiger partial charge in [-0.15, -0.1) is 0 Å². The van der Waals surface area contributed by atoms with Crippen molar-refractivity contribution in [1.82, 2.24) is 19.7 Å². The van der Waals surface area contributed by atoms with E-state index in [-0.39, 0.29) is 16.9 Å². The molecule has 1 aliphatic rings. The Morgan fingerprint density at radius 3 is 2.23 bits per heavy atom. The Morgan fingerprint density at radius 1 is 0.974 bits per heavy atom. The molecule has 13 heteroatoms. The fourth-order valence-electron chi connectivity index (χ4n) is 4.54. The Bertz CT molecular complexity index is 1480. The Balaban J connectivity index is 1.68. The van der Waals surface area contributed by atoms with E-state index in [4.69, 9.17) is 19.4 Å². The molecule has 0 aliphatic carbocycles. The van der Waals surface area contributed by atoms with E-state index in [1.165, 1.54) is 28.9 Å². The van der Waals surface area contributed by atoms with Gasteiger partial charge in [0.25, 0.3) is 0 Å². The molecule has 1 aliphatic heterocycles. The van der Waals surface area contributed by atoms with E-state index in [0.717, 1.165) is 11.1 Å². The van der Waals surface area contributed by atoms with Gasteiger partial charge >= 0.3 is 0 Å². The lowest BCUT2D eigenvalue weighted by atomic mass is 9.99. The number of hydrogen-bond acceptors (Lipinski definition) is 11. The zero-order valence-electron chi connectivity index (χ0n) is 21.1. The number of aromatic nitrogens is 4. The maximum atomic E-state index is 13.7. The van der Waals surface area contributed by atoms with Crippen molar-refractivity contribution in [1.29, 1.82) is 0 Å². The lowest BCUT2D eigenvalue weighted by Gasteiger charge is -2.41. The first kappa shape index (κ1) is 27.4. The van der Waals surface area contributed by atoms with Crippen molar-refractivity contribution in [2.24, 2.45) is 0 Å². The van der Waals surface area contributed by atoms with Gasteiger partial charge in [-0.3, -0.25) is 0 Å². The standard InChI is InChI=1S/C26H29FN4O8/c1-11-7-15-16(8-12(11)2)29-25-20(28-15)19(30-31(25)14-5-3-13(27)4-6-14)24(17(34)9-32)39-26-23(37)22(36)21(35)18(10-33)38-26/h3-8,17-18,21-24,26,32-37H,9-10H2,1-2H3. The summed E-state index contributed by atoms with van der Waals surface area (Å²) >= 11 is 0. The minimum atomic E-state index is -1.76. The third kappa shape index (κ3) is 4.99. The minimum absolute atomic E-state index is 0.0143. The van der Waals surface area contributed by atoms with Gasteiger partial charge in [0, 0.05) is 0 Å². The van der Waals surface area contributed by atoms with E-state index in [0.29, 0.717) is 16.7 Å². The molecule has 2 aromatic carbocycles. The summed E-state index contributed by atoms with van der Waals surface area (Å²) in [6.45, 7) is 2.39. The number of fused-ring (bicyclic) bond motifs is 2. The van der Waals surface area contributed by atoms with Crippen LogP contribution in [0.4, 0.5) is 4.39 Å². The molecule has 0 bridgehead atoms. The molecule has 0 saturated carbocycles. The molecular weight excluding hydrogens is 515 g/mol. The van der Waals surface area contributed by atoms with E-state index >= 15 is 0 Å². The first-order valence-corrected chi connectivity index (χ1v) is 12.3. The highest BCUT2D eigenvalue weighted by atomic mass is 19.1. The molecule has 1 saturated heterocycles. The third-order valence-corrected chi connectivity index (χ3v) is 6.92. The fraction of sp³-hybridized carbons (Fsp3) is 0.423. The summed E-state index contributed by atoms with van der Waals surface area (Å²) in [5, 5.41) is 65.6. The summed E-state index contributed by atoms with van der Waals surface area (Å²) in [4.78, 5) is 9.46. The number of nitrogens with zero attached hydrogens (tertiary/aromatic N) is 4. The summed E-state index contributed by atoms with van der Waals surface area (Å²) in [5.74, 6) is -0.461. The number of aliphatic hydroxyl groups excluding tert-OH is 6. The van der Waals surface area contributed by atoms with Crippen LogP contribution in [0.25, 0.3) is 27.9 Å². The van der Waals surface area contributed by atoms with Crippen LogP contribution >= 0.6 is 0 Å². The Morgan fingerprint density at radius 2 is 1.62 bits per heavy atom. The van der Waals surface area contributed by atoms with Crippen LogP contribution in [0, 0.1) is 19.7 Å². The molecular formula is C26H29FN4O8. The van der Waals surface area contributed by atoms with Crippen LogP contribution in [0.2, 0.25) is 0 Å². The summed E-state index contributed by atoms with van der Waals surface area (Å²) in [6, 6.07) is 9.15. The smallest absolute Gasteiger partial charge is 0.187 e. The highest BCUT2D eigenvalue weighted by Crippen LogP contribution is 2.34. The van der Waals surface area contributed by atoms with E-state index in [2.05, 4.69) is 5.10 Å². The number of halogens is 1. The van der Waals surface area contributed by atoms with Crippen molar-refractivity contribution >= 4 is 22.2 Å². The average Bonchev–Trinajstić information content (AvgIpc) is 3.28. The van der Waals surface area contributed by atoms with Gasteiger partial charge in [-0.2, -0.15) is 5.10 Å². The summed E-state index contributed by atoms with van der Waals surface area (Å²) in [7, 11) is 0. The maximum absolute atomic E-state index is 13.7. The van der Waals surface area contributed by atoms with Crippen molar-refractivity contribution in [3.63, 3.8) is 0 Å². The van der Waals surface area contributed by atoms with Gasteiger partial charge in [0.15, 0.2) is 11.9 Å². The average molecular weight is 545 g/mol. The topological polar surface area (TPSA) is 183 Å². The molecule has 4 aromatic rings. The van der Waals surface area contributed by atoms with Crippen LogP contribution in [0.1, 0.15) is 22.9 Å². The molecule has 39 heavy (non-hydrogen) atoms. The zero-order valence-corrected chi connectivity index (χ0v) is 21.1. The molecule has 3 heterocycles. The molecule has 5 rings (SSSR count). The summed E-state index contributed by atoms with van der Waals surface area (Å²) < 4.78 is 26.4. The fourth-order valence-corrected chi connectivity index (χ4v) is 4.54. The van der Waals surface area contributed by atoms with Crippen molar-refractivity contribution in [3.8, 4) is 5.69 Å². The quantitative estimate of drug-likeness (QED) is 0.183. The van der Waals surface area contributed by atoms with E-state index < -0.39 is 61.9 Å². The molecule has 2 aromatic heterocycles. The highest BCUT2D eigenvalue weighted by Gasteiger charge is 2.46. The SMILES string of the molecule is Cc1cc2nc3c(C(OC4OC(CO)C(O)C(O)C4O)C(O)CO)nn(-c4ccc(F)cc4)c3nc2cc1C. The predicted octanol–water partition coefficient (Wildman–Crippen LogP) is -0.0646. The van der Waals surface area contributed by atoms with E-state index in [9.17, 15) is 35.0 Å². The predicted molar refractivity (Wildman–Crippen MR) is 134 cm³/mol. The van der Waals surface area contributed by atoms with Gasteiger partial charge in [0.05, 0.1) is 29.9 Å². The van der Waals surface area contributed by atoms with Crippen LogP contribution in [0.3, 0.4) is 0 Å². The number of benzene rings is 2. The Labute approximate surface area is 221 Å². The third-order valence-electron chi connectivity index (χ3n) is 6.92. The van der Waals surface area contributed by atoms with Crippen LogP contribution in [-0.2, 0) is 9.47 Å². The number of aryl methyl sites for hydroxylation is 2. The second-order valence-corrected chi connectivity index (χ2v) is 9.60. The second-order valence-electron chi connectivity index (χ2n) is 9.60. The van der Waals surface area contributed by atoms with Crippen LogP contribution in [0.5, 0.6) is 0 Å². The highest BCUT2D eigenvalue weighted by molar-refractivity contribution is 5.87. The molecule has 6 N–H and O–H groups in total. The van der Waals surface area contributed by atoms with Gasteiger partial charge in [-0.1, -0.05) is 0 Å². The molecule has 12 nitrogen and oxygen atoms in total. The summed E-state index contributed by atoms with van der Waals surface area (Å²) in [5.41, 5.74) is 3.93. The van der Waals surface area contributed by atoms with E-state index in [1.807, 2.05) is 26.0 Å². The lowest BCUT2D eigenvalue weighted by molar-refractivity contribution is -0.319. The largest absolute Gasteiger partial charge is 0.394 e. The molecule has 0 spiro atoms. The number of aliphatic hydroxyl groups is 6. The van der Waals surface area contributed by atoms with Crippen LogP contribution < -0.4 is 0 Å². The number of hydrogen-bond donors (Lipinski definition) is 6. The molecule has 0 amide bonds. The Hall–Kier alpha value is -3.14. The minimum Gasteiger partial charge on any atom is -0.394 e. The first-order chi connectivity index (χ1) is 18.6. The number of ether oxygens (including phenoxy) is 2. The normalized spacial score (nSPS) is 25.3. The van der Waals surface area contributed by atoms with E-state index in [1.54, 1.807) is 0 Å². The second kappa shape index (κ2) is 10.8.